The molecule has 3 heterocycles. The molecule has 0 spiro atoms. The van der Waals surface area contributed by atoms with E-state index in [0.29, 0.717) is 16.6 Å². The zero-order valence-electron chi connectivity index (χ0n) is 19.0. The molecule has 1 aromatic carbocycles. The third kappa shape index (κ3) is 5.79. The Labute approximate surface area is 202 Å². The number of hydrazone groups is 1. The van der Waals surface area contributed by atoms with Crippen molar-refractivity contribution in [3.05, 3.63) is 59.7 Å². The number of anilines is 1. The van der Waals surface area contributed by atoms with Crippen LogP contribution in [0.2, 0.25) is 0 Å². The maximum absolute atomic E-state index is 13.8. The van der Waals surface area contributed by atoms with E-state index in [4.69, 9.17) is 9.84 Å². The summed E-state index contributed by atoms with van der Waals surface area (Å²) in [5.41, 5.74) is 3.46. The molecule has 36 heavy (non-hydrogen) atoms. The Bertz CT molecular complexity index is 1270. The number of nitrogens with zero attached hydrogens (tertiary/aromatic N) is 4. The average Bonchev–Trinajstić information content (AvgIpc) is 3.25. The van der Waals surface area contributed by atoms with Gasteiger partial charge in [-0.05, 0) is 30.2 Å². The maximum Gasteiger partial charge on any atom is 0.408 e. The maximum atomic E-state index is 13.8. The highest BCUT2D eigenvalue weighted by Gasteiger charge is 2.47. The Morgan fingerprint density at radius 2 is 2.11 bits per heavy atom. The van der Waals surface area contributed by atoms with Crippen LogP contribution in [0.25, 0.3) is 10.9 Å². The zero-order valence-corrected chi connectivity index (χ0v) is 19.0. The van der Waals surface area contributed by atoms with Crippen molar-refractivity contribution >= 4 is 29.0 Å². The summed E-state index contributed by atoms with van der Waals surface area (Å²) < 4.78 is 60.3. The van der Waals surface area contributed by atoms with E-state index in [1.54, 1.807) is 12.1 Å². The van der Waals surface area contributed by atoms with Crippen LogP contribution in [-0.4, -0.2) is 64.7 Å². The minimum atomic E-state index is -4.57. The first-order chi connectivity index (χ1) is 17.1. The molecule has 3 aromatic rings. The van der Waals surface area contributed by atoms with Gasteiger partial charge in [-0.1, -0.05) is 12.1 Å². The summed E-state index contributed by atoms with van der Waals surface area (Å²) in [4.78, 5) is 20.4. The molecule has 0 bridgehead atoms. The molecule has 1 aliphatic heterocycles. The number of likely N-dealkylation sites (tertiary alicyclic amines) is 1. The monoisotopic (exact) mass is 506 g/mol. The first kappa shape index (κ1) is 25.1. The van der Waals surface area contributed by atoms with Gasteiger partial charge in [0.15, 0.2) is 0 Å². The van der Waals surface area contributed by atoms with Crippen LogP contribution < -0.4 is 15.5 Å². The molecule has 2 atom stereocenters. The van der Waals surface area contributed by atoms with Crippen molar-refractivity contribution < 1.29 is 32.2 Å². The van der Waals surface area contributed by atoms with Gasteiger partial charge in [-0.15, -0.1) is 0 Å². The van der Waals surface area contributed by atoms with Crippen LogP contribution in [0.5, 0.6) is 5.75 Å². The number of alkyl halides is 3. The van der Waals surface area contributed by atoms with Crippen molar-refractivity contribution in [1.82, 2.24) is 20.2 Å². The van der Waals surface area contributed by atoms with Crippen molar-refractivity contribution in [3.8, 4) is 5.75 Å². The van der Waals surface area contributed by atoms with Gasteiger partial charge in [-0.2, -0.15) is 18.3 Å². The highest BCUT2D eigenvalue weighted by atomic mass is 19.4. The summed E-state index contributed by atoms with van der Waals surface area (Å²) in [5.74, 6) is 0.0314. The molecule has 1 aliphatic rings. The fraction of sp³-hybridized carbons (Fsp3) is 0.304. The minimum absolute atomic E-state index is 0.0586. The summed E-state index contributed by atoms with van der Waals surface area (Å²) in [6, 6.07) is 6.02. The van der Waals surface area contributed by atoms with Crippen LogP contribution in [-0.2, 0) is 0 Å². The van der Waals surface area contributed by atoms with Crippen LogP contribution in [0.15, 0.2) is 47.7 Å². The second-order valence-corrected chi connectivity index (χ2v) is 8.14. The SMILES string of the molecule is COc1cc(F)cc2ccc(/C=N/Nc3ccc([C@@H](N4CCC(NC(=O)O)C4)C(F)(F)F)cn3)nc12. The Kier molecular flexibility index (Phi) is 7.20. The van der Waals surface area contributed by atoms with Crippen LogP contribution in [0.3, 0.4) is 0 Å². The van der Waals surface area contributed by atoms with Crippen LogP contribution in [0, 0.1) is 5.82 Å². The standard InChI is InChI=1S/C23H22F4N6O3/c1-36-18-9-15(24)8-13-2-4-16(30-20(13)18)11-29-32-19-5-3-14(10-28-19)21(23(25,26)27)33-7-6-17(12-33)31-22(34)35/h2-5,8-11,17,21,31H,6-7,12H2,1H3,(H,28,32)(H,34,35)/b29-11+/t17?,21-/m1/s1. The number of hydrogen-bond donors (Lipinski definition) is 3. The van der Waals surface area contributed by atoms with E-state index in [0.717, 1.165) is 6.20 Å². The second-order valence-electron chi connectivity index (χ2n) is 8.14. The number of ether oxygens (including phenoxy) is 1. The summed E-state index contributed by atoms with van der Waals surface area (Å²) in [7, 11) is 1.41. The van der Waals surface area contributed by atoms with Gasteiger partial charge in [0.25, 0.3) is 0 Å². The Morgan fingerprint density at radius 1 is 1.31 bits per heavy atom. The predicted octanol–water partition coefficient (Wildman–Crippen LogP) is 4.17. The van der Waals surface area contributed by atoms with Crippen molar-refractivity contribution in [2.45, 2.75) is 24.7 Å². The number of nitrogens with one attached hydrogen (secondary N) is 2. The molecule has 190 valence electrons. The van der Waals surface area contributed by atoms with E-state index in [-0.39, 0.29) is 36.6 Å². The fourth-order valence-corrected chi connectivity index (χ4v) is 4.13. The Morgan fingerprint density at radius 3 is 2.78 bits per heavy atom. The summed E-state index contributed by atoms with van der Waals surface area (Å²) in [5, 5.41) is 15.6. The van der Waals surface area contributed by atoms with E-state index >= 15 is 0 Å². The van der Waals surface area contributed by atoms with Gasteiger partial charge in [0.1, 0.15) is 28.9 Å². The first-order valence-electron chi connectivity index (χ1n) is 10.8. The highest BCUT2D eigenvalue weighted by Crippen LogP contribution is 2.39. The number of rotatable bonds is 7. The van der Waals surface area contributed by atoms with Gasteiger partial charge in [0.2, 0.25) is 0 Å². The van der Waals surface area contributed by atoms with Crippen molar-refractivity contribution in [3.63, 3.8) is 0 Å². The number of aromatic nitrogens is 2. The summed E-state index contributed by atoms with van der Waals surface area (Å²) in [6.07, 6.45) is -3.06. The summed E-state index contributed by atoms with van der Waals surface area (Å²) >= 11 is 0. The molecule has 0 saturated carbocycles. The van der Waals surface area contributed by atoms with E-state index in [1.807, 2.05) is 0 Å². The van der Waals surface area contributed by atoms with Crippen LogP contribution >= 0.6 is 0 Å². The molecule has 4 rings (SSSR count). The van der Waals surface area contributed by atoms with Gasteiger partial charge in [0.05, 0.1) is 19.0 Å². The molecular weight excluding hydrogens is 484 g/mol. The van der Waals surface area contributed by atoms with Gasteiger partial charge >= 0.3 is 12.3 Å². The van der Waals surface area contributed by atoms with Gasteiger partial charge in [0, 0.05) is 36.8 Å². The average molecular weight is 506 g/mol. The second kappa shape index (κ2) is 10.3. The van der Waals surface area contributed by atoms with Crippen molar-refractivity contribution in [2.75, 3.05) is 25.6 Å². The molecule has 0 aliphatic carbocycles. The molecule has 3 N–H and O–H groups in total. The van der Waals surface area contributed by atoms with Crippen molar-refractivity contribution in [2.24, 2.45) is 5.10 Å². The molecular formula is C23H22F4N6O3. The van der Waals surface area contributed by atoms with E-state index in [9.17, 15) is 22.4 Å². The number of methoxy groups -OCH3 is 1. The predicted molar refractivity (Wildman–Crippen MR) is 124 cm³/mol. The Balaban J connectivity index is 1.45. The lowest BCUT2D eigenvalue weighted by Gasteiger charge is -2.30. The number of carbonyl (C=O) groups is 1. The van der Waals surface area contributed by atoms with Crippen LogP contribution in [0.4, 0.5) is 28.2 Å². The molecule has 2 aromatic heterocycles. The normalized spacial score (nSPS) is 17.4. The van der Waals surface area contributed by atoms with E-state index in [2.05, 4.69) is 25.8 Å². The van der Waals surface area contributed by atoms with Gasteiger partial charge < -0.3 is 15.2 Å². The lowest BCUT2D eigenvalue weighted by molar-refractivity contribution is -0.183. The largest absolute Gasteiger partial charge is 0.494 e. The zero-order chi connectivity index (χ0) is 25.9. The molecule has 1 saturated heterocycles. The summed E-state index contributed by atoms with van der Waals surface area (Å²) in [6.45, 7) is 0.0343. The number of fused-ring (bicyclic) bond motifs is 1. The number of benzene rings is 1. The van der Waals surface area contributed by atoms with Crippen LogP contribution in [0.1, 0.15) is 23.7 Å². The molecule has 13 heteroatoms. The highest BCUT2D eigenvalue weighted by molar-refractivity contribution is 5.89. The third-order valence-electron chi connectivity index (χ3n) is 5.66. The number of carboxylic acid groups (broad SMARTS) is 1. The topological polar surface area (TPSA) is 112 Å². The lowest BCUT2D eigenvalue weighted by Crippen LogP contribution is -2.40. The molecule has 0 radical (unpaired) electrons. The van der Waals surface area contributed by atoms with E-state index in [1.165, 1.54) is 42.5 Å². The molecule has 9 nitrogen and oxygen atoms in total. The van der Waals surface area contributed by atoms with Gasteiger partial charge in [-0.25, -0.2) is 19.2 Å². The number of hydrogen-bond acceptors (Lipinski definition) is 7. The fourth-order valence-electron chi connectivity index (χ4n) is 4.13. The Hall–Kier alpha value is -4.00. The number of halogens is 4. The number of pyridine rings is 2. The third-order valence-corrected chi connectivity index (χ3v) is 5.66. The quantitative estimate of drug-likeness (QED) is 0.251. The minimum Gasteiger partial charge on any atom is -0.494 e. The number of amides is 1. The van der Waals surface area contributed by atoms with Gasteiger partial charge in [-0.3, -0.25) is 10.3 Å². The molecule has 1 fully saturated rings. The smallest absolute Gasteiger partial charge is 0.408 e. The first-order valence-corrected chi connectivity index (χ1v) is 10.8. The van der Waals surface area contributed by atoms with E-state index < -0.39 is 30.2 Å². The van der Waals surface area contributed by atoms with Crippen molar-refractivity contribution in [1.29, 1.82) is 0 Å². The molecule has 1 amide bonds. The lowest BCUT2D eigenvalue weighted by atomic mass is 10.1. The molecule has 1 unspecified atom stereocenters.